The van der Waals surface area contributed by atoms with Crippen LogP contribution >= 0.6 is 0 Å². The van der Waals surface area contributed by atoms with Crippen molar-refractivity contribution in [2.24, 2.45) is 11.8 Å². The van der Waals surface area contributed by atoms with Crippen molar-refractivity contribution in [1.29, 1.82) is 0 Å². The molecule has 0 radical (unpaired) electrons. The molecule has 2 atom stereocenters. The van der Waals surface area contributed by atoms with Crippen molar-refractivity contribution >= 4 is 17.7 Å². The van der Waals surface area contributed by atoms with E-state index in [0.717, 1.165) is 0 Å². The molecule has 0 aromatic carbocycles. The maximum absolute atomic E-state index is 11.5. The summed E-state index contributed by atoms with van der Waals surface area (Å²) in [7, 11) is 0. The van der Waals surface area contributed by atoms with Crippen molar-refractivity contribution in [1.82, 2.24) is 0 Å². The van der Waals surface area contributed by atoms with Crippen LogP contribution in [-0.4, -0.2) is 30.4 Å². The smallest absolute Gasteiger partial charge is 0.376 e. The molecular formula is C11H16O5. The van der Waals surface area contributed by atoms with E-state index >= 15 is 0 Å². The molecule has 0 saturated carbocycles. The maximum Gasteiger partial charge on any atom is 0.376 e. The number of rotatable bonds is 4. The van der Waals surface area contributed by atoms with E-state index in [1.165, 1.54) is 0 Å². The summed E-state index contributed by atoms with van der Waals surface area (Å²) in [5, 5.41) is 0. The number of ketones is 1. The Morgan fingerprint density at radius 1 is 1.44 bits per heavy atom. The van der Waals surface area contributed by atoms with Crippen LogP contribution in [0.4, 0.5) is 0 Å². The van der Waals surface area contributed by atoms with E-state index in [0.29, 0.717) is 6.42 Å². The van der Waals surface area contributed by atoms with Gasteiger partial charge in [0.15, 0.2) is 5.92 Å². The maximum atomic E-state index is 11.5. The zero-order valence-corrected chi connectivity index (χ0v) is 9.69. The number of hydrogen-bond acceptors (Lipinski definition) is 5. The van der Waals surface area contributed by atoms with Crippen LogP contribution in [0, 0.1) is 11.8 Å². The Kier molecular flexibility index (Phi) is 4.04. The van der Waals surface area contributed by atoms with Gasteiger partial charge in [-0.2, -0.15) is 0 Å². The van der Waals surface area contributed by atoms with Crippen LogP contribution < -0.4 is 0 Å². The summed E-state index contributed by atoms with van der Waals surface area (Å²) in [6.45, 7) is 5.69. The van der Waals surface area contributed by atoms with E-state index in [-0.39, 0.29) is 12.5 Å². The summed E-state index contributed by atoms with van der Waals surface area (Å²) in [6.07, 6.45) is -0.180. The second-order valence-electron chi connectivity index (χ2n) is 4.17. The summed E-state index contributed by atoms with van der Waals surface area (Å²) in [6, 6.07) is 0. The fraction of sp³-hybridized carbons (Fsp3) is 0.727. The molecular weight excluding hydrogens is 212 g/mol. The fourth-order valence-corrected chi connectivity index (χ4v) is 1.70. The lowest BCUT2D eigenvalue weighted by atomic mass is 9.93. The van der Waals surface area contributed by atoms with Gasteiger partial charge in [-0.25, -0.2) is 4.79 Å². The highest BCUT2D eigenvalue weighted by molar-refractivity contribution is 6.40. The topological polar surface area (TPSA) is 69.7 Å². The standard InChI is InChI=1S/C11H16O5/c1-4-15-10(13)8-7(5-6(2)3)16-11(14)9(8)12/h6-8H,4-5H2,1-3H3/t7-,8+/m0/s1. The monoisotopic (exact) mass is 228 g/mol. The van der Waals surface area contributed by atoms with Gasteiger partial charge >= 0.3 is 11.9 Å². The highest BCUT2D eigenvalue weighted by Crippen LogP contribution is 2.25. The van der Waals surface area contributed by atoms with Crippen LogP contribution in [-0.2, 0) is 23.9 Å². The van der Waals surface area contributed by atoms with Crippen molar-refractivity contribution in [2.45, 2.75) is 33.3 Å². The molecule has 1 aliphatic rings. The molecule has 1 saturated heterocycles. The third-order valence-corrected chi connectivity index (χ3v) is 2.36. The van der Waals surface area contributed by atoms with Gasteiger partial charge in [-0.05, 0) is 19.3 Å². The Hall–Kier alpha value is -1.39. The lowest BCUT2D eigenvalue weighted by Crippen LogP contribution is -2.32. The lowest BCUT2D eigenvalue weighted by Gasteiger charge is -2.16. The molecule has 0 aromatic rings. The Bertz CT molecular complexity index is 307. The first-order valence-electron chi connectivity index (χ1n) is 5.38. The zero-order valence-electron chi connectivity index (χ0n) is 9.69. The molecule has 0 aromatic heterocycles. The Labute approximate surface area is 94.1 Å². The van der Waals surface area contributed by atoms with Gasteiger partial charge in [0.05, 0.1) is 6.61 Å². The van der Waals surface area contributed by atoms with E-state index in [1.54, 1.807) is 6.92 Å². The Morgan fingerprint density at radius 2 is 2.06 bits per heavy atom. The summed E-state index contributed by atoms with van der Waals surface area (Å²) < 4.78 is 9.64. The van der Waals surface area contributed by atoms with Crippen molar-refractivity contribution in [2.75, 3.05) is 6.61 Å². The quantitative estimate of drug-likeness (QED) is 0.402. The van der Waals surface area contributed by atoms with Gasteiger partial charge in [0, 0.05) is 0 Å². The Morgan fingerprint density at radius 3 is 2.56 bits per heavy atom. The first-order chi connectivity index (χ1) is 7.47. The number of esters is 2. The Balaban J connectivity index is 2.79. The van der Waals surface area contributed by atoms with Crippen LogP contribution in [0.25, 0.3) is 0 Å². The lowest BCUT2D eigenvalue weighted by molar-refractivity contribution is -0.152. The first kappa shape index (κ1) is 12.7. The zero-order chi connectivity index (χ0) is 12.3. The van der Waals surface area contributed by atoms with Crippen LogP contribution in [0.3, 0.4) is 0 Å². The van der Waals surface area contributed by atoms with Gasteiger partial charge in [0.25, 0.3) is 5.78 Å². The molecule has 1 aliphatic heterocycles. The number of cyclic esters (lactones) is 1. The van der Waals surface area contributed by atoms with E-state index in [2.05, 4.69) is 0 Å². The second kappa shape index (κ2) is 5.09. The van der Waals surface area contributed by atoms with Crippen molar-refractivity contribution in [3.63, 3.8) is 0 Å². The van der Waals surface area contributed by atoms with E-state index in [1.807, 2.05) is 13.8 Å². The van der Waals surface area contributed by atoms with Crippen molar-refractivity contribution < 1.29 is 23.9 Å². The average Bonchev–Trinajstić information content (AvgIpc) is 2.41. The highest BCUT2D eigenvalue weighted by atomic mass is 16.6. The van der Waals surface area contributed by atoms with Crippen LogP contribution in [0.2, 0.25) is 0 Å². The van der Waals surface area contributed by atoms with Crippen LogP contribution in [0.15, 0.2) is 0 Å². The molecule has 1 fully saturated rings. The minimum absolute atomic E-state index is 0.186. The van der Waals surface area contributed by atoms with Crippen molar-refractivity contribution in [3.8, 4) is 0 Å². The molecule has 5 heteroatoms. The normalized spacial score (nSPS) is 24.8. The SMILES string of the molecule is CCOC(=O)[C@H]1C(=O)C(=O)O[C@H]1CC(C)C. The largest absolute Gasteiger partial charge is 0.465 e. The molecule has 0 amide bonds. The molecule has 0 aliphatic carbocycles. The summed E-state index contributed by atoms with van der Waals surface area (Å²) >= 11 is 0. The predicted octanol–water partition coefficient (Wildman–Crippen LogP) is 0.706. The summed E-state index contributed by atoms with van der Waals surface area (Å²) in [5.41, 5.74) is 0. The number of carbonyl (C=O) groups excluding carboxylic acids is 3. The summed E-state index contributed by atoms with van der Waals surface area (Å²) in [4.78, 5) is 34.1. The predicted molar refractivity (Wildman–Crippen MR) is 54.5 cm³/mol. The van der Waals surface area contributed by atoms with Gasteiger partial charge in [-0.15, -0.1) is 0 Å². The first-order valence-corrected chi connectivity index (χ1v) is 5.38. The molecule has 0 spiro atoms. The molecule has 16 heavy (non-hydrogen) atoms. The number of carbonyl (C=O) groups is 3. The van der Waals surface area contributed by atoms with E-state index < -0.39 is 29.7 Å². The highest BCUT2D eigenvalue weighted by Gasteiger charge is 2.48. The fourth-order valence-electron chi connectivity index (χ4n) is 1.70. The van der Waals surface area contributed by atoms with Crippen molar-refractivity contribution in [3.05, 3.63) is 0 Å². The molecule has 90 valence electrons. The number of Topliss-reactive ketones (excluding diaryl/α,β-unsaturated/α-hetero) is 1. The van der Waals surface area contributed by atoms with Crippen LogP contribution in [0.5, 0.6) is 0 Å². The average molecular weight is 228 g/mol. The van der Waals surface area contributed by atoms with E-state index in [9.17, 15) is 14.4 Å². The van der Waals surface area contributed by atoms with E-state index in [4.69, 9.17) is 9.47 Å². The molecule has 0 bridgehead atoms. The van der Waals surface area contributed by atoms with Gasteiger partial charge in [-0.1, -0.05) is 13.8 Å². The molecule has 0 unspecified atom stereocenters. The van der Waals surface area contributed by atoms with Gasteiger partial charge in [0.1, 0.15) is 6.10 Å². The third kappa shape index (κ3) is 2.59. The minimum Gasteiger partial charge on any atom is -0.465 e. The summed E-state index contributed by atoms with van der Waals surface area (Å²) in [5.74, 6) is -3.22. The van der Waals surface area contributed by atoms with Gasteiger partial charge < -0.3 is 9.47 Å². The number of ether oxygens (including phenoxy) is 2. The minimum atomic E-state index is -1.07. The molecule has 1 rings (SSSR count). The van der Waals surface area contributed by atoms with Crippen LogP contribution in [0.1, 0.15) is 27.2 Å². The number of hydrogen-bond donors (Lipinski definition) is 0. The molecule has 0 N–H and O–H groups in total. The molecule has 1 heterocycles. The third-order valence-electron chi connectivity index (χ3n) is 2.36. The van der Waals surface area contributed by atoms with Gasteiger partial charge in [0.2, 0.25) is 0 Å². The van der Waals surface area contributed by atoms with Gasteiger partial charge in [-0.3, -0.25) is 9.59 Å². The molecule has 5 nitrogen and oxygen atoms in total. The second-order valence-corrected chi connectivity index (χ2v) is 4.17.